The Hall–Kier alpha value is -2.45. The molecule has 2 aliphatic heterocycles. The third kappa shape index (κ3) is 2.46. The lowest BCUT2D eigenvalue weighted by molar-refractivity contribution is -0.146. The maximum atomic E-state index is 12.0. The average Bonchev–Trinajstić information content (AvgIpc) is 2.50. The molecule has 0 aliphatic carbocycles. The lowest BCUT2D eigenvalue weighted by Crippen LogP contribution is -2.55. The van der Waals surface area contributed by atoms with Crippen molar-refractivity contribution in [3.05, 3.63) is 0 Å². The van der Waals surface area contributed by atoms with E-state index in [1.54, 1.807) is 0 Å². The normalized spacial score (nSPS) is 21.9. The smallest absolute Gasteiger partial charge is 0.324 e. The van der Waals surface area contributed by atoms with Crippen molar-refractivity contribution in [3.8, 4) is 0 Å². The summed E-state index contributed by atoms with van der Waals surface area (Å²) in [7, 11) is 0. The first-order valence-electron chi connectivity index (χ1n) is 5.95. The Bertz CT molecular complexity index is 511. The van der Waals surface area contributed by atoms with Crippen molar-refractivity contribution in [3.63, 3.8) is 0 Å². The molecule has 0 aromatic carbocycles. The van der Waals surface area contributed by atoms with Crippen molar-refractivity contribution < 1.29 is 24.0 Å². The second kappa shape index (κ2) is 4.58. The topological polar surface area (TPSA) is 116 Å². The first-order valence-corrected chi connectivity index (χ1v) is 5.95. The molecule has 9 heteroatoms. The average molecular weight is 282 g/mol. The Morgan fingerprint density at radius 3 is 2.15 bits per heavy atom. The van der Waals surface area contributed by atoms with Crippen LogP contribution in [0.2, 0.25) is 0 Å². The van der Waals surface area contributed by atoms with Gasteiger partial charge in [-0.1, -0.05) is 0 Å². The molecule has 2 rings (SSSR count). The monoisotopic (exact) mass is 282 g/mol. The molecule has 2 heterocycles. The predicted molar refractivity (Wildman–Crippen MR) is 64.1 cm³/mol. The molecular formula is C11H14N4O5. The molecule has 0 radical (unpaired) electrons. The van der Waals surface area contributed by atoms with E-state index in [1.807, 2.05) is 0 Å². The third-order valence-electron chi connectivity index (χ3n) is 3.04. The fourth-order valence-electron chi connectivity index (χ4n) is 2.01. The molecule has 2 N–H and O–H groups in total. The summed E-state index contributed by atoms with van der Waals surface area (Å²) in [6.45, 7) is 2.02. The quantitative estimate of drug-likeness (QED) is 0.440. The molecule has 2 aliphatic rings. The van der Waals surface area contributed by atoms with Gasteiger partial charge >= 0.3 is 6.03 Å². The highest BCUT2D eigenvalue weighted by molar-refractivity contribution is 6.09. The summed E-state index contributed by atoms with van der Waals surface area (Å²) in [6, 6.07) is -0.666. The van der Waals surface area contributed by atoms with Crippen LogP contribution in [0.15, 0.2) is 0 Å². The molecule has 20 heavy (non-hydrogen) atoms. The fraction of sp³-hybridized carbons (Fsp3) is 0.545. The molecule has 0 atom stereocenters. The maximum Gasteiger partial charge on any atom is 0.325 e. The lowest BCUT2D eigenvalue weighted by atomic mass is 10.1. The summed E-state index contributed by atoms with van der Waals surface area (Å²) in [5.41, 5.74) is -1.06. The summed E-state index contributed by atoms with van der Waals surface area (Å²) < 4.78 is 0. The van der Waals surface area contributed by atoms with Crippen LogP contribution >= 0.6 is 0 Å². The Kier molecular flexibility index (Phi) is 3.20. The second-order valence-electron chi connectivity index (χ2n) is 5.17. The molecule has 0 spiro atoms. The summed E-state index contributed by atoms with van der Waals surface area (Å²) in [6.07, 6.45) is 0. The van der Waals surface area contributed by atoms with Gasteiger partial charge in [0.25, 0.3) is 5.91 Å². The highest BCUT2D eigenvalue weighted by Gasteiger charge is 2.45. The van der Waals surface area contributed by atoms with E-state index in [0.29, 0.717) is 0 Å². The van der Waals surface area contributed by atoms with Crippen LogP contribution in [0.3, 0.4) is 0 Å². The standard InChI is InChI=1S/C11H14N4O5/c1-11(2)9(19)15(10(20)13-11)5-8(18)14-3-6(16)12-7(17)4-14/h3-5H2,1-2H3,(H,13,20)(H,12,16,17). The summed E-state index contributed by atoms with van der Waals surface area (Å²) in [5, 5.41) is 4.50. The Labute approximate surface area is 114 Å². The van der Waals surface area contributed by atoms with Crippen LogP contribution in [0.25, 0.3) is 0 Å². The van der Waals surface area contributed by atoms with Crippen LogP contribution in [0, 0.1) is 0 Å². The molecule has 0 aromatic rings. The van der Waals surface area contributed by atoms with E-state index < -0.39 is 41.7 Å². The summed E-state index contributed by atoms with van der Waals surface area (Å²) in [5.74, 6) is -2.34. The van der Waals surface area contributed by atoms with Gasteiger partial charge in [0.15, 0.2) is 0 Å². The molecule has 0 aromatic heterocycles. The zero-order valence-electron chi connectivity index (χ0n) is 11.1. The van der Waals surface area contributed by atoms with E-state index in [-0.39, 0.29) is 13.1 Å². The molecule has 2 saturated heterocycles. The first kappa shape index (κ1) is 14.0. The number of carbonyl (C=O) groups is 5. The van der Waals surface area contributed by atoms with Gasteiger partial charge in [0.1, 0.15) is 25.2 Å². The van der Waals surface area contributed by atoms with Crippen molar-refractivity contribution in [1.82, 2.24) is 20.4 Å². The molecule has 6 amide bonds. The van der Waals surface area contributed by atoms with Crippen molar-refractivity contribution in [2.45, 2.75) is 19.4 Å². The largest absolute Gasteiger partial charge is 0.325 e. The van der Waals surface area contributed by atoms with Gasteiger partial charge in [0, 0.05) is 0 Å². The molecule has 9 nitrogen and oxygen atoms in total. The second-order valence-corrected chi connectivity index (χ2v) is 5.17. The number of hydrogen-bond acceptors (Lipinski definition) is 5. The SMILES string of the molecule is CC1(C)NC(=O)N(CC(=O)N2CC(=O)NC(=O)C2)C1=O. The number of carbonyl (C=O) groups excluding carboxylic acids is 5. The number of amides is 6. The highest BCUT2D eigenvalue weighted by Crippen LogP contribution is 2.16. The first-order chi connectivity index (χ1) is 9.20. The Morgan fingerprint density at radius 2 is 1.70 bits per heavy atom. The molecule has 2 fully saturated rings. The summed E-state index contributed by atoms with van der Waals surface area (Å²) in [4.78, 5) is 59.6. The number of nitrogens with zero attached hydrogens (tertiary/aromatic N) is 2. The molecule has 0 saturated carbocycles. The molecular weight excluding hydrogens is 268 g/mol. The Morgan fingerprint density at radius 1 is 1.15 bits per heavy atom. The minimum absolute atomic E-state index is 0.266. The lowest BCUT2D eigenvalue weighted by Gasteiger charge is -2.26. The molecule has 0 bridgehead atoms. The van der Waals surface area contributed by atoms with Crippen LogP contribution in [-0.2, 0) is 19.2 Å². The predicted octanol–water partition coefficient (Wildman–Crippen LogP) is -2.20. The zero-order chi connectivity index (χ0) is 15.1. The van der Waals surface area contributed by atoms with Gasteiger partial charge < -0.3 is 10.2 Å². The van der Waals surface area contributed by atoms with Crippen LogP contribution in [0.5, 0.6) is 0 Å². The maximum absolute atomic E-state index is 12.0. The van der Waals surface area contributed by atoms with E-state index in [4.69, 9.17) is 0 Å². The minimum atomic E-state index is -1.06. The van der Waals surface area contributed by atoms with E-state index in [1.165, 1.54) is 13.8 Å². The van der Waals surface area contributed by atoms with Gasteiger partial charge in [-0.3, -0.25) is 29.4 Å². The molecule has 108 valence electrons. The van der Waals surface area contributed by atoms with Crippen LogP contribution < -0.4 is 10.6 Å². The number of hydrogen-bond donors (Lipinski definition) is 2. The van der Waals surface area contributed by atoms with Gasteiger partial charge in [0.05, 0.1) is 0 Å². The number of piperazine rings is 1. The van der Waals surface area contributed by atoms with Crippen LogP contribution in [0.1, 0.15) is 13.8 Å². The van der Waals surface area contributed by atoms with Crippen LogP contribution in [0.4, 0.5) is 4.79 Å². The number of nitrogens with one attached hydrogen (secondary N) is 2. The highest BCUT2D eigenvalue weighted by atomic mass is 16.2. The number of rotatable bonds is 2. The minimum Gasteiger partial charge on any atom is -0.324 e. The summed E-state index contributed by atoms with van der Waals surface area (Å²) >= 11 is 0. The van der Waals surface area contributed by atoms with Gasteiger partial charge in [-0.15, -0.1) is 0 Å². The number of imide groups is 2. The number of urea groups is 1. The van der Waals surface area contributed by atoms with Gasteiger partial charge in [0.2, 0.25) is 17.7 Å². The van der Waals surface area contributed by atoms with Crippen molar-refractivity contribution in [1.29, 1.82) is 0 Å². The van der Waals surface area contributed by atoms with Crippen molar-refractivity contribution in [2.24, 2.45) is 0 Å². The van der Waals surface area contributed by atoms with E-state index in [2.05, 4.69) is 10.6 Å². The van der Waals surface area contributed by atoms with E-state index in [0.717, 1.165) is 9.80 Å². The fourth-order valence-corrected chi connectivity index (χ4v) is 2.01. The van der Waals surface area contributed by atoms with Crippen molar-refractivity contribution >= 4 is 29.7 Å². The van der Waals surface area contributed by atoms with Crippen LogP contribution in [-0.4, -0.2) is 64.6 Å². The van der Waals surface area contributed by atoms with Gasteiger partial charge in [-0.05, 0) is 13.8 Å². The Balaban J connectivity index is 2.05. The van der Waals surface area contributed by atoms with E-state index in [9.17, 15) is 24.0 Å². The van der Waals surface area contributed by atoms with Gasteiger partial charge in [-0.25, -0.2) is 4.79 Å². The van der Waals surface area contributed by atoms with Crippen molar-refractivity contribution in [2.75, 3.05) is 19.6 Å². The third-order valence-corrected chi connectivity index (χ3v) is 3.04. The van der Waals surface area contributed by atoms with Gasteiger partial charge in [-0.2, -0.15) is 0 Å². The van der Waals surface area contributed by atoms with E-state index >= 15 is 0 Å². The molecule has 0 unspecified atom stereocenters. The zero-order valence-corrected chi connectivity index (χ0v) is 11.1.